The number of carbonyl (C=O) groups excluding carboxylic acids is 3. The molecule has 0 aliphatic carbocycles. The Morgan fingerprint density at radius 1 is 0.694 bits per heavy atom. The normalized spacial score (nSPS) is 16.9. The van der Waals surface area contributed by atoms with Crippen molar-refractivity contribution in [3.8, 4) is 0 Å². The van der Waals surface area contributed by atoms with Crippen molar-refractivity contribution in [1.29, 1.82) is 0 Å². The third-order valence-corrected chi connectivity index (χ3v) is 13.8. The zero-order valence-corrected chi connectivity index (χ0v) is 38.7. The fourth-order valence-electron chi connectivity index (χ4n) is 8.31. The summed E-state index contributed by atoms with van der Waals surface area (Å²) in [5, 5.41) is 19.4. The average molecular weight is 927 g/mol. The first-order valence-electron chi connectivity index (χ1n) is 21.1. The quantitative estimate of drug-likeness (QED) is 0.108. The predicted octanol–water partition coefficient (Wildman–Crippen LogP) is 9.92. The van der Waals surface area contributed by atoms with Crippen LogP contribution >= 0.6 is 46.4 Å². The lowest BCUT2D eigenvalue weighted by atomic mass is 10.00. The molecule has 0 aromatic heterocycles. The molecule has 3 unspecified atom stereocenters. The van der Waals surface area contributed by atoms with Crippen molar-refractivity contribution in [2.75, 3.05) is 46.9 Å². The minimum Gasteiger partial charge on any atom is -0.465 e. The van der Waals surface area contributed by atoms with Gasteiger partial charge in [0.05, 0.1) is 51.0 Å². The molecule has 2 saturated heterocycles. The molecule has 3 atom stereocenters. The fraction of sp³-hybridized carbons (Fsp3) is 0.426. The van der Waals surface area contributed by atoms with Gasteiger partial charge in [0.1, 0.15) is 0 Å². The number of urea groups is 2. The highest BCUT2D eigenvalue weighted by Crippen LogP contribution is 2.32. The van der Waals surface area contributed by atoms with Gasteiger partial charge in [0, 0.05) is 44.8 Å². The number of halogens is 4. The van der Waals surface area contributed by atoms with Crippen LogP contribution in [-0.2, 0) is 17.8 Å². The van der Waals surface area contributed by atoms with Crippen molar-refractivity contribution in [1.82, 2.24) is 30.2 Å². The minimum absolute atomic E-state index is 0.0698. The van der Waals surface area contributed by atoms with Crippen LogP contribution < -0.4 is 10.6 Å². The number of esters is 1. The number of hydrogen-bond donors (Lipinski definition) is 3. The van der Waals surface area contributed by atoms with Crippen LogP contribution in [0.3, 0.4) is 0 Å². The smallest absolute Gasteiger partial charge is 0.337 e. The number of aliphatic hydroxyl groups is 1. The Labute approximate surface area is 385 Å². The Morgan fingerprint density at radius 2 is 1.13 bits per heavy atom. The molecular weight excluding hydrogens is 870 g/mol. The van der Waals surface area contributed by atoms with Crippen LogP contribution in [0.1, 0.15) is 95.9 Å². The van der Waals surface area contributed by atoms with Crippen LogP contribution in [0.15, 0.2) is 84.9 Å². The van der Waals surface area contributed by atoms with E-state index in [9.17, 15) is 19.5 Å². The monoisotopic (exact) mass is 924 g/mol. The molecule has 3 N–H and O–H groups in total. The summed E-state index contributed by atoms with van der Waals surface area (Å²) in [7, 11) is 3.44. The first-order chi connectivity index (χ1) is 29.7. The summed E-state index contributed by atoms with van der Waals surface area (Å²) < 4.78 is 4.86. The number of nitrogens with zero attached hydrogens (tertiary/aromatic N) is 4. The minimum atomic E-state index is -0.729. The van der Waals surface area contributed by atoms with Crippen LogP contribution in [0.2, 0.25) is 20.1 Å². The molecule has 2 heterocycles. The highest BCUT2D eigenvalue weighted by molar-refractivity contribution is 6.43. The van der Waals surface area contributed by atoms with Gasteiger partial charge < -0.3 is 40.1 Å². The first-order valence-corrected chi connectivity index (χ1v) is 22.6. The number of nitrogens with one attached hydrogen (secondary N) is 2. The Bertz CT molecular complexity index is 2150. The van der Waals surface area contributed by atoms with Crippen LogP contribution in [0, 0.1) is 0 Å². The number of carbonyl (C=O) groups is 3. The molecule has 2 aliphatic rings. The third-order valence-electron chi connectivity index (χ3n) is 12.1. The van der Waals surface area contributed by atoms with E-state index in [-0.39, 0.29) is 30.2 Å². The molecule has 11 nitrogen and oxygen atoms in total. The standard InChI is InChI=1S/C47H56Cl4N6O5/c1-30(38-7-5-9-40(48)43(38)50)52-46(60)56(36-19-23-54(3)24-20-36)27-32-11-15-34(16-12-32)42(58)29-55-25-21-37(22-26-55)57(28-33-13-17-35(18-14-33)45(59)62-4)47(61)53-31(2)39-8-6-10-41(49)44(39)51/h5-18,30-31,36-37,42,58H,19-29H2,1-4H3,(H,52,60)(H,53,61). The Hall–Kier alpha value is -4.07. The van der Waals surface area contributed by atoms with Gasteiger partial charge in [0.2, 0.25) is 0 Å². The second kappa shape index (κ2) is 22.0. The maximum absolute atomic E-state index is 14.0. The molecule has 332 valence electrons. The largest absolute Gasteiger partial charge is 0.465 e. The Morgan fingerprint density at radius 3 is 1.58 bits per heavy atom. The molecule has 4 aromatic rings. The van der Waals surface area contributed by atoms with E-state index in [0.29, 0.717) is 71.2 Å². The van der Waals surface area contributed by atoms with E-state index in [1.165, 1.54) is 7.11 Å². The molecule has 0 spiro atoms. The van der Waals surface area contributed by atoms with Crippen molar-refractivity contribution in [3.63, 3.8) is 0 Å². The zero-order chi connectivity index (χ0) is 44.5. The second-order valence-corrected chi connectivity index (χ2v) is 18.0. The Balaban J connectivity index is 1.08. The molecule has 2 aliphatic heterocycles. The van der Waals surface area contributed by atoms with Crippen molar-refractivity contribution < 1.29 is 24.2 Å². The number of amides is 4. The van der Waals surface area contributed by atoms with E-state index in [4.69, 9.17) is 51.1 Å². The summed E-state index contributed by atoms with van der Waals surface area (Å²) in [4.78, 5) is 48.3. The topological polar surface area (TPSA) is 118 Å². The summed E-state index contributed by atoms with van der Waals surface area (Å²) in [6.07, 6.45) is 2.40. The number of methoxy groups -OCH3 is 1. The van der Waals surface area contributed by atoms with Gasteiger partial charge in [0.15, 0.2) is 0 Å². The highest BCUT2D eigenvalue weighted by Gasteiger charge is 2.32. The van der Waals surface area contributed by atoms with Gasteiger partial charge in [-0.2, -0.15) is 0 Å². The van der Waals surface area contributed by atoms with Gasteiger partial charge in [-0.3, -0.25) is 0 Å². The lowest BCUT2D eigenvalue weighted by molar-refractivity contribution is 0.0600. The third kappa shape index (κ3) is 12.1. The number of benzene rings is 4. The van der Waals surface area contributed by atoms with E-state index >= 15 is 0 Å². The molecule has 0 bridgehead atoms. The fourth-order valence-corrected chi connectivity index (χ4v) is 9.25. The van der Waals surface area contributed by atoms with Crippen molar-refractivity contribution in [2.45, 2.75) is 82.9 Å². The molecular formula is C47H56Cl4N6O5. The van der Waals surface area contributed by atoms with Crippen LogP contribution in [0.25, 0.3) is 0 Å². The number of ether oxygens (including phenoxy) is 1. The van der Waals surface area contributed by atoms with E-state index in [0.717, 1.165) is 53.7 Å². The molecule has 0 saturated carbocycles. The van der Waals surface area contributed by atoms with Crippen molar-refractivity contribution >= 4 is 64.4 Å². The van der Waals surface area contributed by atoms with Gasteiger partial charge in [-0.15, -0.1) is 0 Å². The van der Waals surface area contributed by atoms with Crippen LogP contribution in [-0.4, -0.2) is 102 Å². The predicted molar refractivity (Wildman–Crippen MR) is 247 cm³/mol. The number of piperidine rings is 2. The summed E-state index contributed by atoms with van der Waals surface area (Å²) in [5.74, 6) is -0.425. The Kier molecular flexibility index (Phi) is 16.8. The molecule has 0 radical (unpaired) electrons. The summed E-state index contributed by atoms with van der Waals surface area (Å²) in [5.41, 5.74) is 4.54. The van der Waals surface area contributed by atoms with Crippen LogP contribution in [0.4, 0.5) is 9.59 Å². The van der Waals surface area contributed by atoms with Gasteiger partial charge in [-0.25, -0.2) is 14.4 Å². The molecule has 6 rings (SSSR count). The zero-order valence-electron chi connectivity index (χ0n) is 35.6. The summed E-state index contributed by atoms with van der Waals surface area (Å²) in [6.45, 7) is 8.14. The number of hydrogen-bond acceptors (Lipinski definition) is 7. The summed E-state index contributed by atoms with van der Waals surface area (Å²) in [6, 6.07) is 24.6. The summed E-state index contributed by atoms with van der Waals surface area (Å²) >= 11 is 25.6. The molecule has 15 heteroatoms. The van der Waals surface area contributed by atoms with Gasteiger partial charge in [-0.05, 0) is 112 Å². The van der Waals surface area contributed by atoms with Gasteiger partial charge in [0.25, 0.3) is 0 Å². The van der Waals surface area contributed by atoms with Gasteiger partial charge >= 0.3 is 18.0 Å². The van der Waals surface area contributed by atoms with E-state index in [1.807, 2.05) is 78.2 Å². The number of β-amino-alcohol motifs (C(OH)–C–C–N with tert-alkyl or cyclic N) is 1. The van der Waals surface area contributed by atoms with Crippen molar-refractivity contribution in [3.05, 3.63) is 138 Å². The van der Waals surface area contributed by atoms with Crippen LogP contribution in [0.5, 0.6) is 0 Å². The van der Waals surface area contributed by atoms with E-state index in [1.54, 1.807) is 30.3 Å². The highest BCUT2D eigenvalue weighted by atomic mass is 35.5. The number of likely N-dealkylation sites (tertiary alicyclic amines) is 2. The second-order valence-electron chi connectivity index (χ2n) is 16.4. The van der Waals surface area contributed by atoms with Gasteiger partial charge in [-0.1, -0.05) is 107 Å². The van der Waals surface area contributed by atoms with E-state index < -0.39 is 18.1 Å². The maximum Gasteiger partial charge on any atom is 0.337 e. The van der Waals surface area contributed by atoms with Crippen molar-refractivity contribution in [2.24, 2.45) is 0 Å². The lowest BCUT2D eigenvalue weighted by Gasteiger charge is -2.39. The first kappa shape index (κ1) is 47.4. The molecule has 4 amide bonds. The molecule has 2 fully saturated rings. The van der Waals surface area contributed by atoms with E-state index in [2.05, 4.69) is 27.5 Å². The SMILES string of the molecule is COC(=O)c1ccc(CN(C(=O)NC(C)c2cccc(Cl)c2Cl)C2CCN(CC(O)c3ccc(CN(C(=O)NC(C)c4cccc(Cl)c4Cl)C4CCN(C)CC4)cc3)CC2)cc1. The lowest BCUT2D eigenvalue weighted by Crippen LogP contribution is -2.51. The maximum atomic E-state index is 14.0. The molecule has 4 aromatic carbocycles. The molecule has 62 heavy (non-hydrogen) atoms. The number of aliphatic hydroxyl groups excluding tert-OH is 1. The average Bonchev–Trinajstić information content (AvgIpc) is 3.27. The number of rotatable bonds is 14.